The van der Waals surface area contributed by atoms with Crippen molar-refractivity contribution < 1.29 is 19.1 Å². The van der Waals surface area contributed by atoms with Crippen molar-refractivity contribution >= 4 is 11.6 Å². The molecule has 0 bridgehead atoms. The molecule has 0 aromatic heterocycles. The van der Waals surface area contributed by atoms with Crippen molar-refractivity contribution in [3.05, 3.63) is 108 Å². The molecule has 0 unspecified atom stereocenters. The maximum Gasteiger partial charge on any atom is 0.162 e. The Morgan fingerprint density at radius 2 is 0.763 bits per heavy atom. The van der Waals surface area contributed by atoms with Gasteiger partial charge in [0.05, 0.1) is 0 Å². The predicted molar refractivity (Wildman–Crippen MR) is 153 cm³/mol. The Hall–Kier alpha value is -4.18. The van der Waals surface area contributed by atoms with Crippen LogP contribution in [0.5, 0.6) is 11.5 Å². The van der Waals surface area contributed by atoms with Crippen LogP contribution in [0, 0.1) is 0 Å². The van der Waals surface area contributed by atoms with E-state index in [2.05, 4.69) is 0 Å². The Morgan fingerprint density at radius 3 is 1.05 bits per heavy atom. The van der Waals surface area contributed by atoms with Gasteiger partial charge in [-0.05, 0) is 59.4 Å². The van der Waals surface area contributed by atoms with Crippen molar-refractivity contribution in [3.63, 3.8) is 0 Å². The van der Waals surface area contributed by atoms with Crippen LogP contribution in [0.2, 0.25) is 0 Å². The molecule has 0 saturated heterocycles. The molecule has 38 heavy (non-hydrogen) atoms. The quantitative estimate of drug-likeness (QED) is 0.135. The fourth-order valence-corrected chi connectivity index (χ4v) is 4.25. The zero-order valence-electron chi connectivity index (χ0n) is 22.1. The number of rotatable bonds is 13. The Labute approximate surface area is 225 Å². The fourth-order valence-electron chi connectivity index (χ4n) is 4.25. The van der Waals surface area contributed by atoms with E-state index in [4.69, 9.17) is 9.47 Å². The number of carbonyl (C=O) groups excluding carboxylic acids is 2. The zero-order valence-corrected chi connectivity index (χ0v) is 22.1. The monoisotopic (exact) mass is 506 g/mol. The third kappa shape index (κ3) is 7.19. The lowest BCUT2D eigenvalue weighted by Gasteiger charge is -2.10. The minimum absolute atomic E-state index is 0.187. The van der Waals surface area contributed by atoms with Crippen LogP contribution in [0.3, 0.4) is 0 Å². The topological polar surface area (TPSA) is 52.6 Å². The summed E-state index contributed by atoms with van der Waals surface area (Å²) in [6, 6.07) is 31.4. The van der Waals surface area contributed by atoms with Gasteiger partial charge in [0.25, 0.3) is 0 Å². The van der Waals surface area contributed by atoms with Crippen LogP contribution < -0.4 is 9.47 Å². The smallest absolute Gasteiger partial charge is 0.162 e. The summed E-state index contributed by atoms with van der Waals surface area (Å²) >= 11 is 0. The minimum atomic E-state index is 0.187. The highest BCUT2D eigenvalue weighted by Crippen LogP contribution is 2.25. The molecule has 0 aliphatic heterocycles. The molecule has 0 N–H and O–H groups in total. The lowest BCUT2D eigenvalue weighted by Crippen LogP contribution is -2.08. The Bertz CT molecular complexity index is 1210. The van der Waals surface area contributed by atoms with Crippen LogP contribution in [0.25, 0.3) is 22.3 Å². The molecule has 0 saturated carbocycles. The van der Waals surface area contributed by atoms with Crippen LogP contribution in [0.15, 0.2) is 97.1 Å². The maximum atomic E-state index is 12.0. The molecule has 194 valence electrons. The average Bonchev–Trinajstić information content (AvgIpc) is 2.96. The van der Waals surface area contributed by atoms with E-state index >= 15 is 0 Å². The van der Waals surface area contributed by atoms with Crippen molar-refractivity contribution in [2.75, 3.05) is 13.2 Å². The lowest BCUT2D eigenvalue weighted by atomic mass is 10.0. The molecule has 0 heterocycles. The van der Waals surface area contributed by atoms with E-state index in [0.717, 1.165) is 57.7 Å². The standard InChI is InChI=1S/C34H34O4/c1-3-5-33(35)29-11-7-25(8-12-29)27-15-19-31(20-16-27)37-23-24-38-32-21-17-28(18-22-32)26-9-13-30(14-10-26)34(36)6-4-2/h7-22H,3-6,23-24H2,1-2H3. The highest BCUT2D eigenvalue weighted by atomic mass is 16.5. The summed E-state index contributed by atoms with van der Waals surface area (Å²) in [5.41, 5.74) is 5.81. The van der Waals surface area contributed by atoms with Crippen molar-refractivity contribution in [2.24, 2.45) is 0 Å². The second kappa shape index (κ2) is 13.4. The number of benzene rings is 4. The van der Waals surface area contributed by atoms with E-state index in [1.165, 1.54) is 0 Å². The summed E-state index contributed by atoms with van der Waals surface area (Å²) in [4.78, 5) is 24.1. The third-order valence-electron chi connectivity index (χ3n) is 6.36. The first-order valence-electron chi connectivity index (χ1n) is 13.3. The Morgan fingerprint density at radius 1 is 0.474 bits per heavy atom. The molecule has 4 aromatic rings. The van der Waals surface area contributed by atoms with E-state index in [1.807, 2.05) is 111 Å². The fraction of sp³-hybridized carbons (Fsp3) is 0.235. The van der Waals surface area contributed by atoms with Gasteiger partial charge < -0.3 is 9.47 Å². The Kier molecular flexibility index (Phi) is 9.47. The summed E-state index contributed by atoms with van der Waals surface area (Å²) < 4.78 is 11.7. The molecule has 4 nitrogen and oxygen atoms in total. The second-order valence-electron chi connectivity index (χ2n) is 9.25. The largest absolute Gasteiger partial charge is 0.490 e. The summed E-state index contributed by atoms with van der Waals surface area (Å²) in [6.07, 6.45) is 2.88. The van der Waals surface area contributed by atoms with Crippen LogP contribution in [-0.4, -0.2) is 24.8 Å². The van der Waals surface area contributed by atoms with Gasteiger partial charge in [-0.2, -0.15) is 0 Å². The second-order valence-corrected chi connectivity index (χ2v) is 9.25. The number of ether oxygens (including phenoxy) is 2. The molecule has 0 radical (unpaired) electrons. The first kappa shape index (κ1) is 26.9. The SMILES string of the molecule is CCCC(=O)c1ccc(-c2ccc(OCCOc3ccc(-c4ccc(C(=O)CCC)cc4)cc3)cc2)cc1. The number of carbonyl (C=O) groups is 2. The molecule has 4 heteroatoms. The van der Waals surface area contributed by atoms with E-state index in [-0.39, 0.29) is 11.6 Å². The molecular formula is C34H34O4. The van der Waals surface area contributed by atoms with E-state index < -0.39 is 0 Å². The van der Waals surface area contributed by atoms with Crippen LogP contribution in [-0.2, 0) is 0 Å². The highest BCUT2D eigenvalue weighted by molar-refractivity contribution is 5.97. The van der Waals surface area contributed by atoms with Crippen molar-refractivity contribution in [1.82, 2.24) is 0 Å². The van der Waals surface area contributed by atoms with Gasteiger partial charge in [-0.3, -0.25) is 9.59 Å². The average molecular weight is 507 g/mol. The number of hydrogen-bond acceptors (Lipinski definition) is 4. The molecule has 0 aliphatic carbocycles. The van der Waals surface area contributed by atoms with E-state index in [1.54, 1.807) is 0 Å². The molecular weight excluding hydrogens is 472 g/mol. The maximum absolute atomic E-state index is 12.0. The van der Waals surface area contributed by atoms with Crippen molar-refractivity contribution in [2.45, 2.75) is 39.5 Å². The van der Waals surface area contributed by atoms with Gasteiger partial charge in [0.1, 0.15) is 24.7 Å². The van der Waals surface area contributed by atoms with Crippen LogP contribution in [0.4, 0.5) is 0 Å². The van der Waals surface area contributed by atoms with Gasteiger partial charge >= 0.3 is 0 Å². The lowest BCUT2D eigenvalue weighted by molar-refractivity contribution is 0.0973. The molecule has 0 spiro atoms. The summed E-state index contributed by atoms with van der Waals surface area (Å²) in [5.74, 6) is 1.94. The highest BCUT2D eigenvalue weighted by Gasteiger charge is 2.07. The van der Waals surface area contributed by atoms with Gasteiger partial charge in [-0.25, -0.2) is 0 Å². The number of ketones is 2. The van der Waals surface area contributed by atoms with Crippen molar-refractivity contribution in [3.8, 4) is 33.8 Å². The van der Waals surface area contributed by atoms with Crippen LogP contribution >= 0.6 is 0 Å². The molecule has 0 fully saturated rings. The van der Waals surface area contributed by atoms with Gasteiger partial charge in [0, 0.05) is 24.0 Å². The molecule has 0 aliphatic rings. The summed E-state index contributed by atoms with van der Waals surface area (Å²) in [7, 11) is 0. The zero-order chi connectivity index (χ0) is 26.7. The first-order chi connectivity index (χ1) is 18.6. The Balaban J connectivity index is 1.23. The first-order valence-corrected chi connectivity index (χ1v) is 13.3. The van der Waals surface area contributed by atoms with Gasteiger partial charge in [-0.15, -0.1) is 0 Å². The molecule has 4 rings (SSSR count). The number of hydrogen-bond donors (Lipinski definition) is 0. The minimum Gasteiger partial charge on any atom is -0.490 e. The summed E-state index contributed by atoms with van der Waals surface area (Å²) in [5, 5.41) is 0. The predicted octanol–water partition coefficient (Wildman–Crippen LogP) is 8.44. The number of Topliss-reactive ketones (excluding diaryl/α,β-unsaturated/α-hetero) is 2. The molecule has 0 atom stereocenters. The molecule has 0 amide bonds. The van der Waals surface area contributed by atoms with Gasteiger partial charge in [0.15, 0.2) is 11.6 Å². The normalized spacial score (nSPS) is 10.7. The van der Waals surface area contributed by atoms with Gasteiger partial charge in [0.2, 0.25) is 0 Å². The van der Waals surface area contributed by atoms with Crippen molar-refractivity contribution in [1.29, 1.82) is 0 Å². The molecule has 4 aromatic carbocycles. The van der Waals surface area contributed by atoms with E-state index in [9.17, 15) is 9.59 Å². The van der Waals surface area contributed by atoms with Gasteiger partial charge in [-0.1, -0.05) is 86.6 Å². The third-order valence-corrected chi connectivity index (χ3v) is 6.36. The summed E-state index contributed by atoms with van der Waals surface area (Å²) in [6.45, 7) is 4.89. The van der Waals surface area contributed by atoms with E-state index in [0.29, 0.717) is 26.1 Å². The van der Waals surface area contributed by atoms with Crippen LogP contribution in [0.1, 0.15) is 60.2 Å².